The third-order valence-electron chi connectivity index (χ3n) is 0. The minimum absolute atomic E-state index is 0. The smallest absolute Gasteiger partial charge is 0.256 e. The fraction of sp³-hybridized carbons (Fsp3) is 0. The van der Waals surface area contributed by atoms with Gasteiger partial charge in [0.2, 0.25) is 0 Å². The minimum Gasteiger partial charge on any atom is -0.256 e. The van der Waals surface area contributed by atoms with Crippen molar-refractivity contribution in [3.05, 3.63) is 0 Å². The Kier molecular flexibility index (Phi) is 43.1. The summed E-state index contributed by atoms with van der Waals surface area (Å²) in [6.45, 7) is 0. The normalized spacial score (nSPS) is 6.67. The van der Waals surface area contributed by atoms with Crippen LogP contribution in [0.5, 0.6) is 0 Å². The van der Waals surface area contributed by atoms with Gasteiger partial charge in [-0.15, -0.1) is 37.2 Å². The summed E-state index contributed by atoms with van der Waals surface area (Å²) >= 11 is -5.69. The summed E-state index contributed by atoms with van der Waals surface area (Å²) in [4.78, 5) is 0. The zero-order chi connectivity index (χ0) is 4.50. The quantitative estimate of drug-likeness (QED) is 0.323. The average molecular weight is 402 g/mol. The molecule has 0 aromatic heterocycles. The van der Waals surface area contributed by atoms with E-state index in [9.17, 15) is 0 Å². The zero-order valence-corrected chi connectivity index (χ0v) is 9.97. The standard InChI is InChI=1S/3ClH.HIO4.Ru/c;;;2-1(3,4)5;/h3*1H;2H;. The molecule has 0 aliphatic heterocycles. The molecule has 9 heteroatoms. The molecular weight excluding hydrogens is 398 g/mol. The van der Waals surface area contributed by atoms with Crippen LogP contribution in [0.15, 0.2) is 0 Å². The first kappa shape index (κ1) is 30.5. The Morgan fingerprint density at radius 1 is 0.889 bits per heavy atom. The van der Waals surface area contributed by atoms with Crippen molar-refractivity contribution in [2.45, 2.75) is 0 Å². The van der Waals surface area contributed by atoms with E-state index in [4.69, 9.17) is 13.7 Å². The van der Waals surface area contributed by atoms with Crippen LogP contribution in [-0.2, 0) is 19.5 Å². The maximum Gasteiger partial charge on any atom is 0.368 e. The fourth-order valence-corrected chi connectivity index (χ4v) is 0. The maximum absolute atomic E-state index is 8.73. The second-order valence-electron chi connectivity index (χ2n) is 0.396. The van der Waals surface area contributed by atoms with E-state index in [-0.39, 0.29) is 56.7 Å². The van der Waals surface area contributed by atoms with Crippen molar-refractivity contribution in [1.29, 1.82) is 0 Å². The van der Waals surface area contributed by atoms with Crippen molar-refractivity contribution in [2.24, 2.45) is 0 Å². The number of hydrogen-bond donors (Lipinski definition) is 1. The largest absolute Gasteiger partial charge is 0.368 e. The summed E-state index contributed by atoms with van der Waals surface area (Å²) in [6, 6.07) is 0. The summed E-state index contributed by atoms with van der Waals surface area (Å²) < 4.78 is 33.2. The second-order valence-corrected chi connectivity index (χ2v) is 2.66. The van der Waals surface area contributed by atoms with Gasteiger partial charge in [0.25, 0.3) is 0 Å². The second kappa shape index (κ2) is 12.7. The molecule has 0 saturated carbocycles. The molecular formula is H4Cl3IO4Ru. The molecule has 0 heterocycles. The summed E-state index contributed by atoms with van der Waals surface area (Å²) in [6.07, 6.45) is 0. The minimum atomic E-state index is -5.69. The molecule has 0 rings (SSSR count). The first-order chi connectivity index (χ1) is 2.00. The van der Waals surface area contributed by atoms with Gasteiger partial charge in [0.15, 0.2) is 0 Å². The monoisotopic (exact) mass is 402 g/mol. The molecule has 0 unspecified atom stereocenters. The van der Waals surface area contributed by atoms with E-state index in [0.717, 1.165) is 0 Å². The van der Waals surface area contributed by atoms with Crippen molar-refractivity contribution >= 4 is 37.2 Å². The van der Waals surface area contributed by atoms with Gasteiger partial charge in [-0.2, -0.15) is 0 Å². The first-order valence-corrected chi connectivity index (χ1v) is 4.24. The molecule has 1 N–H and O–H groups in total. The third-order valence-corrected chi connectivity index (χ3v) is 0. The molecule has 0 atom stereocenters. The number of hydrogen-bond acceptors (Lipinski definition) is 4. The van der Waals surface area contributed by atoms with Gasteiger partial charge >= 0.3 is 20.1 Å². The fourth-order valence-electron chi connectivity index (χ4n) is 0. The van der Waals surface area contributed by atoms with Gasteiger partial charge < -0.3 is 0 Å². The van der Waals surface area contributed by atoms with E-state index in [1.807, 2.05) is 0 Å². The van der Waals surface area contributed by atoms with E-state index >= 15 is 0 Å². The molecule has 0 amide bonds. The van der Waals surface area contributed by atoms with Crippen LogP contribution in [-0.4, -0.2) is 3.44 Å². The van der Waals surface area contributed by atoms with E-state index < -0.39 is 20.1 Å². The number of rotatable bonds is 0. The van der Waals surface area contributed by atoms with Crippen molar-refractivity contribution in [2.75, 3.05) is 0 Å². The molecule has 0 radical (unpaired) electrons. The summed E-state index contributed by atoms with van der Waals surface area (Å²) in [5, 5.41) is 0. The van der Waals surface area contributed by atoms with Crippen molar-refractivity contribution in [1.82, 2.24) is 0 Å². The molecule has 64 valence electrons. The van der Waals surface area contributed by atoms with Crippen LogP contribution < -0.4 is 30.4 Å². The van der Waals surface area contributed by atoms with Crippen LogP contribution in [0.4, 0.5) is 0 Å². The summed E-state index contributed by atoms with van der Waals surface area (Å²) in [5.41, 5.74) is 0. The van der Waals surface area contributed by atoms with Gasteiger partial charge in [-0.05, 0) is 0 Å². The Balaban J connectivity index is -0.0000000133. The molecule has 0 aliphatic rings. The predicted octanol–water partition coefficient (Wildman–Crippen LogP) is -5.86. The van der Waals surface area contributed by atoms with Gasteiger partial charge in [0, 0.05) is 22.9 Å². The molecule has 0 bridgehead atoms. The summed E-state index contributed by atoms with van der Waals surface area (Å²) in [5.74, 6) is 0. The van der Waals surface area contributed by atoms with E-state index in [2.05, 4.69) is 0 Å². The van der Waals surface area contributed by atoms with E-state index in [0.29, 0.717) is 0 Å². The van der Waals surface area contributed by atoms with Crippen LogP contribution in [0.25, 0.3) is 0 Å². The van der Waals surface area contributed by atoms with Crippen LogP contribution >= 0.6 is 37.2 Å². The topological polar surface area (TPSA) is 89.4 Å². The Morgan fingerprint density at radius 3 is 0.889 bits per heavy atom. The van der Waals surface area contributed by atoms with Gasteiger partial charge in [-0.25, -0.2) is 0 Å². The maximum atomic E-state index is 8.73. The first-order valence-electron chi connectivity index (χ1n) is 0.632. The Morgan fingerprint density at radius 2 is 0.889 bits per heavy atom. The molecule has 9 heavy (non-hydrogen) atoms. The van der Waals surface area contributed by atoms with Gasteiger partial charge in [-0.3, -0.25) is 10.3 Å². The molecule has 0 saturated heterocycles. The van der Waals surface area contributed by atoms with Crippen LogP contribution in [0.1, 0.15) is 0 Å². The van der Waals surface area contributed by atoms with Crippen LogP contribution in [0.2, 0.25) is 0 Å². The van der Waals surface area contributed by atoms with Gasteiger partial charge in [-0.1, -0.05) is 0 Å². The van der Waals surface area contributed by atoms with E-state index in [1.165, 1.54) is 0 Å². The van der Waals surface area contributed by atoms with Crippen LogP contribution in [0, 0.1) is 0 Å². The van der Waals surface area contributed by atoms with Crippen molar-refractivity contribution in [3.8, 4) is 0 Å². The van der Waals surface area contributed by atoms with E-state index in [1.54, 1.807) is 0 Å². The van der Waals surface area contributed by atoms with Gasteiger partial charge in [0.1, 0.15) is 0 Å². The molecule has 0 aromatic rings. The SMILES string of the molecule is Cl.Cl.Cl.[O-][I+3]([O-])([O-])O.[Ru]. The van der Waals surface area contributed by atoms with Crippen molar-refractivity contribution in [3.63, 3.8) is 0 Å². The average Bonchev–Trinajstić information content (AvgIpc) is 0.722. The van der Waals surface area contributed by atoms with Gasteiger partial charge in [0.05, 0.1) is 0 Å². The Labute approximate surface area is 89.7 Å². The third kappa shape index (κ3) is 154. The van der Waals surface area contributed by atoms with Crippen molar-refractivity contribution < 1.29 is 53.3 Å². The number of halogens is 4. The molecule has 0 aliphatic carbocycles. The molecule has 4 nitrogen and oxygen atoms in total. The molecule has 0 aromatic carbocycles. The predicted molar refractivity (Wildman–Crippen MR) is 24.0 cm³/mol. The molecule has 0 spiro atoms. The summed E-state index contributed by atoms with van der Waals surface area (Å²) in [7, 11) is 0. The molecule has 0 fully saturated rings. The Hall–Kier alpha value is 2.06. The zero-order valence-electron chi connectivity index (χ0n) is 3.63. The Bertz CT molecular complexity index is 31.3. The van der Waals surface area contributed by atoms with Crippen LogP contribution in [0.3, 0.4) is 0 Å².